The van der Waals surface area contributed by atoms with Gasteiger partial charge in [-0.05, 0) is 47.9 Å². The Morgan fingerprint density at radius 3 is 1.57 bits per heavy atom. The Hall–Kier alpha value is -2.40. The van der Waals surface area contributed by atoms with Crippen LogP contribution in [0.4, 0.5) is 0 Å². The minimum atomic E-state index is -1.84. The van der Waals surface area contributed by atoms with Gasteiger partial charge in [0.1, 0.15) is 23.2 Å². The molecule has 0 aliphatic heterocycles. The zero-order valence-corrected chi connectivity index (χ0v) is 19.1. The van der Waals surface area contributed by atoms with Gasteiger partial charge in [0, 0.05) is 0 Å². The predicted molar refractivity (Wildman–Crippen MR) is 129 cm³/mol. The molecule has 2 heteroatoms. The molecular weight excluding hydrogens is 403 g/mol. The van der Waals surface area contributed by atoms with E-state index >= 15 is 0 Å². The monoisotopic (exact) mass is 430 g/mol. The van der Waals surface area contributed by atoms with Crippen LogP contribution in [0.5, 0.6) is 0 Å². The highest BCUT2D eigenvalue weighted by molar-refractivity contribution is 7.95. The van der Waals surface area contributed by atoms with Crippen LogP contribution in [0.15, 0.2) is 115 Å². The second-order valence-electron chi connectivity index (χ2n) is 7.50. The first-order chi connectivity index (χ1) is 14.3. The van der Waals surface area contributed by atoms with Crippen molar-refractivity contribution in [1.82, 2.24) is 0 Å². The first kappa shape index (κ1) is 22.3. The van der Waals surface area contributed by atoms with Crippen LogP contribution in [0.3, 0.4) is 0 Å². The molecule has 0 spiro atoms. The van der Waals surface area contributed by atoms with Gasteiger partial charge in [0.2, 0.25) is 0 Å². The summed E-state index contributed by atoms with van der Waals surface area (Å²) in [6.07, 6.45) is 3.32. The van der Waals surface area contributed by atoms with Gasteiger partial charge in [-0.25, -0.2) is 0 Å². The summed E-state index contributed by atoms with van der Waals surface area (Å²) >= 11 is 0. The third-order valence-corrected chi connectivity index (χ3v) is 10.0. The van der Waals surface area contributed by atoms with E-state index in [9.17, 15) is 0 Å². The normalized spacial score (nSPS) is 11.0. The molecule has 0 bridgehead atoms. The number of rotatable bonds is 7. The molecule has 0 fully saturated rings. The van der Waals surface area contributed by atoms with E-state index in [0.717, 1.165) is 19.0 Å². The van der Waals surface area contributed by atoms with Gasteiger partial charge < -0.3 is 12.4 Å². The zero-order chi connectivity index (χ0) is 19.9. The summed E-state index contributed by atoms with van der Waals surface area (Å²) in [4.78, 5) is 0. The summed E-state index contributed by atoms with van der Waals surface area (Å²) < 4.78 is 0. The van der Waals surface area contributed by atoms with Crippen molar-refractivity contribution in [3.8, 4) is 0 Å². The van der Waals surface area contributed by atoms with Gasteiger partial charge in [-0.15, -0.1) is 0 Å². The molecule has 4 rings (SSSR count). The van der Waals surface area contributed by atoms with Crippen molar-refractivity contribution >= 4 is 23.2 Å². The molecular formula is C28H28ClP. The Morgan fingerprint density at radius 2 is 1.03 bits per heavy atom. The van der Waals surface area contributed by atoms with Gasteiger partial charge >= 0.3 is 0 Å². The molecule has 0 unspecified atom stereocenters. The molecule has 4 aromatic rings. The van der Waals surface area contributed by atoms with E-state index in [1.54, 1.807) is 0 Å². The minimum Gasteiger partial charge on any atom is -1.00 e. The number of benzene rings is 4. The van der Waals surface area contributed by atoms with Crippen LogP contribution in [0.1, 0.15) is 24.5 Å². The second kappa shape index (κ2) is 10.6. The summed E-state index contributed by atoms with van der Waals surface area (Å²) in [7, 11) is -1.84. The summed E-state index contributed by atoms with van der Waals surface area (Å²) in [6.45, 7) is 2.28. The van der Waals surface area contributed by atoms with Crippen LogP contribution in [0, 0.1) is 0 Å². The lowest BCUT2D eigenvalue weighted by Gasteiger charge is -2.29. The van der Waals surface area contributed by atoms with Crippen molar-refractivity contribution in [3.63, 3.8) is 0 Å². The molecule has 4 aromatic carbocycles. The molecule has 0 aromatic heterocycles. The molecule has 0 amide bonds. The second-order valence-corrected chi connectivity index (χ2v) is 11.0. The van der Waals surface area contributed by atoms with Crippen molar-refractivity contribution in [3.05, 3.63) is 126 Å². The quantitative estimate of drug-likeness (QED) is 0.395. The lowest BCUT2D eigenvalue weighted by atomic mass is 10.1. The van der Waals surface area contributed by atoms with Crippen LogP contribution in [-0.4, -0.2) is 0 Å². The van der Waals surface area contributed by atoms with Crippen molar-refractivity contribution in [1.29, 1.82) is 0 Å². The molecule has 152 valence electrons. The average molecular weight is 431 g/mol. The van der Waals surface area contributed by atoms with E-state index in [1.807, 2.05) is 0 Å². The molecule has 0 nitrogen and oxygen atoms in total. The Kier molecular flexibility index (Phi) is 7.86. The Bertz CT molecular complexity index is 990. The Balaban J connectivity index is 0.00000256. The molecule has 0 N–H and O–H groups in total. The molecule has 0 aliphatic carbocycles. The van der Waals surface area contributed by atoms with Gasteiger partial charge in [0.25, 0.3) is 0 Å². The van der Waals surface area contributed by atoms with Crippen LogP contribution in [0.2, 0.25) is 0 Å². The summed E-state index contributed by atoms with van der Waals surface area (Å²) in [6, 6.07) is 42.5. The lowest BCUT2D eigenvalue weighted by molar-refractivity contribution is -0.00000574. The maximum atomic E-state index is 2.39. The van der Waals surface area contributed by atoms with E-state index < -0.39 is 7.26 Å². The Labute approximate surface area is 187 Å². The van der Waals surface area contributed by atoms with Gasteiger partial charge in [-0.1, -0.05) is 98.3 Å². The molecule has 0 atom stereocenters. The number of hydrogen-bond acceptors (Lipinski definition) is 0. The van der Waals surface area contributed by atoms with E-state index in [4.69, 9.17) is 0 Å². The minimum absolute atomic E-state index is 0. The highest BCUT2D eigenvalue weighted by atomic mass is 35.5. The summed E-state index contributed by atoms with van der Waals surface area (Å²) in [5, 5.41) is 4.44. The van der Waals surface area contributed by atoms with E-state index in [2.05, 4.69) is 122 Å². The van der Waals surface area contributed by atoms with Crippen LogP contribution in [0.25, 0.3) is 0 Å². The lowest BCUT2D eigenvalue weighted by Crippen LogP contribution is -3.00. The fourth-order valence-corrected chi connectivity index (χ4v) is 8.81. The molecule has 0 radical (unpaired) electrons. The number of halogens is 1. The van der Waals surface area contributed by atoms with Crippen LogP contribution >= 0.6 is 7.26 Å². The van der Waals surface area contributed by atoms with Gasteiger partial charge in [0.15, 0.2) is 0 Å². The van der Waals surface area contributed by atoms with E-state index in [0.29, 0.717) is 0 Å². The average Bonchev–Trinajstić information content (AvgIpc) is 2.80. The largest absolute Gasteiger partial charge is 1.00 e. The Morgan fingerprint density at radius 1 is 0.567 bits per heavy atom. The van der Waals surface area contributed by atoms with Crippen molar-refractivity contribution in [2.24, 2.45) is 0 Å². The number of hydrogen-bond donors (Lipinski definition) is 0. The van der Waals surface area contributed by atoms with E-state index in [-0.39, 0.29) is 12.4 Å². The van der Waals surface area contributed by atoms with Crippen LogP contribution < -0.4 is 28.3 Å². The SMILES string of the molecule is CCCc1ccccc1[P+](Cc1ccccc1)(c1ccccc1)c1ccccc1.[Cl-]. The van der Waals surface area contributed by atoms with Gasteiger partial charge in [-0.2, -0.15) is 0 Å². The van der Waals surface area contributed by atoms with Gasteiger partial charge in [0.05, 0.1) is 6.16 Å². The molecule has 0 aliphatic rings. The molecule has 30 heavy (non-hydrogen) atoms. The highest BCUT2D eigenvalue weighted by Crippen LogP contribution is 2.58. The van der Waals surface area contributed by atoms with Crippen molar-refractivity contribution < 1.29 is 12.4 Å². The third kappa shape index (κ3) is 4.51. The third-order valence-electron chi connectivity index (χ3n) is 5.58. The summed E-state index contributed by atoms with van der Waals surface area (Å²) in [5.74, 6) is 0. The maximum absolute atomic E-state index is 2.39. The van der Waals surface area contributed by atoms with Crippen molar-refractivity contribution in [2.45, 2.75) is 25.9 Å². The predicted octanol–water partition coefficient (Wildman–Crippen LogP) is 3.14. The van der Waals surface area contributed by atoms with E-state index in [1.165, 1.54) is 27.0 Å². The fraction of sp³-hybridized carbons (Fsp3) is 0.143. The molecule has 0 saturated carbocycles. The fourth-order valence-electron chi connectivity index (χ4n) is 4.28. The van der Waals surface area contributed by atoms with Gasteiger partial charge in [-0.3, -0.25) is 0 Å². The highest BCUT2D eigenvalue weighted by Gasteiger charge is 2.46. The standard InChI is InChI=1S/C28H28P.ClH/c1-2-14-25-17-12-13-22-28(25)29(26-18-8-4-9-19-26,27-20-10-5-11-21-27)23-24-15-6-3-7-16-24;/h3-13,15-22H,2,14,23H2,1H3;1H/q+1;/p-1. The zero-order valence-electron chi connectivity index (χ0n) is 17.4. The number of aryl methyl sites for hydroxylation is 1. The maximum Gasteiger partial charge on any atom is 0.116 e. The first-order valence-corrected chi connectivity index (χ1v) is 12.4. The summed E-state index contributed by atoms with van der Waals surface area (Å²) in [5.41, 5.74) is 2.90. The smallest absolute Gasteiger partial charge is 0.116 e. The van der Waals surface area contributed by atoms with Crippen LogP contribution in [-0.2, 0) is 12.6 Å². The molecule has 0 heterocycles. The molecule has 0 saturated heterocycles. The topological polar surface area (TPSA) is 0 Å². The van der Waals surface area contributed by atoms with Crippen molar-refractivity contribution in [2.75, 3.05) is 0 Å². The first-order valence-electron chi connectivity index (χ1n) is 10.5.